The van der Waals surface area contributed by atoms with Crippen LogP contribution in [0.25, 0.3) is 11.3 Å². The molecule has 1 heterocycles. The third-order valence-corrected chi connectivity index (χ3v) is 5.12. The topological polar surface area (TPSA) is 99.0 Å². The van der Waals surface area contributed by atoms with Crippen LogP contribution in [-0.2, 0) is 16.0 Å². The zero-order valence-electron chi connectivity index (χ0n) is 17.0. The summed E-state index contributed by atoms with van der Waals surface area (Å²) in [5, 5.41) is 12.5. The molecule has 1 aromatic carbocycles. The van der Waals surface area contributed by atoms with Gasteiger partial charge in [-0.2, -0.15) is 5.26 Å². The normalized spacial score (nSPS) is 14.0. The molecule has 0 aliphatic heterocycles. The Morgan fingerprint density at radius 3 is 2.66 bits per heavy atom. The first-order valence-electron chi connectivity index (χ1n) is 9.82. The van der Waals surface area contributed by atoms with Gasteiger partial charge < -0.3 is 10.2 Å². The molecule has 150 valence electrons. The monoisotopic (exact) mass is 391 g/mol. The van der Waals surface area contributed by atoms with Crippen molar-refractivity contribution in [3.8, 4) is 17.3 Å². The summed E-state index contributed by atoms with van der Waals surface area (Å²) in [4.78, 5) is 34.7. The molecule has 0 unspecified atom stereocenters. The highest BCUT2D eigenvalue weighted by molar-refractivity contribution is 5.85. The van der Waals surface area contributed by atoms with E-state index in [2.05, 4.69) is 21.4 Å². The van der Waals surface area contributed by atoms with Gasteiger partial charge in [-0.3, -0.25) is 19.6 Å². The van der Waals surface area contributed by atoms with Gasteiger partial charge in [-0.1, -0.05) is 6.07 Å². The molecule has 1 aliphatic carbocycles. The standard InChI is InChI=1S/C22H25N5O2/c1-4-27(3)22(29)14(2)26-19-9-16(7-8-17(19)11-23)20-13-24-18(12-25-20)10-21(28)15-5-6-15/h7-9,12-15,26H,4-6,10H2,1-3H3/t14-/m0/s1. The Hall–Kier alpha value is -3.27. The highest BCUT2D eigenvalue weighted by atomic mass is 16.2. The zero-order valence-corrected chi connectivity index (χ0v) is 17.0. The summed E-state index contributed by atoms with van der Waals surface area (Å²) in [5.41, 5.74) is 3.11. The fourth-order valence-electron chi connectivity index (χ4n) is 3.03. The van der Waals surface area contributed by atoms with Crippen LogP contribution in [0.1, 0.15) is 37.9 Å². The number of nitrogens with zero attached hydrogens (tertiary/aromatic N) is 4. The largest absolute Gasteiger partial charge is 0.373 e. The molecule has 1 fully saturated rings. The predicted octanol–water partition coefficient (Wildman–Crippen LogP) is 2.82. The number of rotatable bonds is 8. The smallest absolute Gasteiger partial charge is 0.244 e. The number of likely N-dealkylation sites (N-methyl/N-ethyl adjacent to an activating group) is 1. The fourth-order valence-corrected chi connectivity index (χ4v) is 3.03. The second-order valence-corrected chi connectivity index (χ2v) is 7.40. The van der Waals surface area contributed by atoms with Gasteiger partial charge in [0.15, 0.2) is 0 Å². The summed E-state index contributed by atoms with van der Waals surface area (Å²) in [6.07, 6.45) is 5.56. The van der Waals surface area contributed by atoms with Crippen LogP contribution in [0.3, 0.4) is 0 Å². The van der Waals surface area contributed by atoms with Crippen LogP contribution in [-0.4, -0.2) is 46.2 Å². The van der Waals surface area contributed by atoms with Gasteiger partial charge in [0.1, 0.15) is 17.9 Å². The second-order valence-electron chi connectivity index (χ2n) is 7.40. The minimum atomic E-state index is -0.468. The summed E-state index contributed by atoms with van der Waals surface area (Å²) in [5.74, 6) is 0.388. The Bertz CT molecular complexity index is 945. The van der Waals surface area contributed by atoms with Gasteiger partial charge in [-0.15, -0.1) is 0 Å². The van der Waals surface area contributed by atoms with Gasteiger partial charge in [0.05, 0.1) is 35.3 Å². The number of ketones is 1. The molecule has 1 aromatic heterocycles. The van der Waals surface area contributed by atoms with E-state index in [1.54, 1.807) is 49.5 Å². The average molecular weight is 391 g/mol. The third kappa shape index (κ3) is 4.96. The maximum absolute atomic E-state index is 12.3. The molecule has 7 nitrogen and oxygen atoms in total. The van der Waals surface area contributed by atoms with Crippen molar-refractivity contribution in [2.75, 3.05) is 18.9 Å². The average Bonchev–Trinajstić information content (AvgIpc) is 3.58. The Kier molecular flexibility index (Phi) is 6.23. The van der Waals surface area contributed by atoms with Gasteiger partial charge in [0.2, 0.25) is 5.91 Å². The molecule has 7 heteroatoms. The summed E-state index contributed by atoms with van der Waals surface area (Å²) < 4.78 is 0. The number of anilines is 1. The van der Waals surface area contributed by atoms with E-state index in [9.17, 15) is 14.9 Å². The minimum absolute atomic E-state index is 0.0498. The van der Waals surface area contributed by atoms with E-state index >= 15 is 0 Å². The molecule has 0 saturated heterocycles. The van der Waals surface area contributed by atoms with Crippen molar-refractivity contribution in [2.45, 2.75) is 39.2 Å². The number of hydrogen-bond acceptors (Lipinski definition) is 6. The van der Waals surface area contributed by atoms with Gasteiger partial charge in [0, 0.05) is 31.3 Å². The molecule has 1 amide bonds. The second kappa shape index (κ2) is 8.82. The number of carbonyl (C=O) groups is 2. The van der Waals surface area contributed by atoms with Crippen molar-refractivity contribution in [1.82, 2.24) is 14.9 Å². The van der Waals surface area contributed by atoms with E-state index in [0.29, 0.717) is 35.6 Å². The van der Waals surface area contributed by atoms with Crippen LogP contribution in [0.4, 0.5) is 5.69 Å². The number of aromatic nitrogens is 2. The van der Waals surface area contributed by atoms with Crippen molar-refractivity contribution in [2.24, 2.45) is 5.92 Å². The summed E-state index contributed by atoms with van der Waals surface area (Å²) in [7, 11) is 1.74. The molecule has 1 N–H and O–H groups in total. The van der Waals surface area contributed by atoms with E-state index in [0.717, 1.165) is 18.4 Å². The van der Waals surface area contributed by atoms with E-state index in [4.69, 9.17) is 0 Å². The first-order valence-corrected chi connectivity index (χ1v) is 9.82. The molecule has 1 saturated carbocycles. The number of Topliss-reactive ketones (excluding diaryl/α,β-unsaturated/α-hetero) is 1. The number of benzene rings is 1. The lowest BCUT2D eigenvalue weighted by molar-refractivity contribution is -0.130. The molecule has 0 radical (unpaired) electrons. The van der Waals surface area contributed by atoms with Crippen molar-refractivity contribution < 1.29 is 9.59 Å². The number of carbonyl (C=O) groups excluding carboxylic acids is 2. The first kappa shape index (κ1) is 20.5. The SMILES string of the molecule is CCN(C)C(=O)[C@H](C)Nc1cc(-c2cnc(CC(=O)C3CC3)cn2)ccc1C#N. The molecule has 0 bridgehead atoms. The molecule has 1 aliphatic rings. The number of nitriles is 1. The van der Waals surface area contributed by atoms with Crippen LogP contribution >= 0.6 is 0 Å². The predicted molar refractivity (Wildman–Crippen MR) is 110 cm³/mol. The van der Waals surface area contributed by atoms with Crippen LogP contribution in [0, 0.1) is 17.2 Å². The van der Waals surface area contributed by atoms with Crippen molar-refractivity contribution >= 4 is 17.4 Å². The molecule has 0 spiro atoms. The molecular formula is C22H25N5O2. The fraction of sp³-hybridized carbons (Fsp3) is 0.409. The maximum Gasteiger partial charge on any atom is 0.244 e. The summed E-state index contributed by atoms with van der Waals surface area (Å²) in [6.45, 7) is 4.29. The molecule has 29 heavy (non-hydrogen) atoms. The van der Waals surface area contributed by atoms with Crippen LogP contribution < -0.4 is 5.32 Å². The van der Waals surface area contributed by atoms with Gasteiger partial charge in [-0.05, 0) is 38.8 Å². The van der Waals surface area contributed by atoms with Crippen molar-refractivity contribution in [3.63, 3.8) is 0 Å². The number of nitrogens with one attached hydrogen (secondary N) is 1. The lowest BCUT2D eigenvalue weighted by atomic mass is 10.1. The van der Waals surface area contributed by atoms with Crippen molar-refractivity contribution in [1.29, 1.82) is 5.26 Å². The van der Waals surface area contributed by atoms with E-state index < -0.39 is 6.04 Å². The van der Waals surface area contributed by atoms with Crippen LogP contribution in [0.15, 0.2) is 30.6 Å². The lowest BCUT2D eigenvalue weighted by Crippen LogP contribution is -2.39. The Balaban J connectivity index is 1.78. The Morgan fingerprint density at radius 2 is 2.07 bits per heavy atom. The van der Waals surface area contributed by atoms with Gasteiger partial charge >= 0.3 is 0 Å². The van der Waals surface area contributed by atoms with Gasteiger partial charge in [-0.25, -0.2) is 0 Å². The quantitative estimate of drug-likeness (QED) is 0.743. The molecule has 1 atom stereocenters. The summed E-state index contributed by atoms with van der Waals surface area (Å²) in [6, 6.07) is 6.98. The van der Waals surface area contributed by atoms with Crippen molar-refractivity contribution in [3.05, 3.63) is 41.9 Å². The summed E-state index contributed by atoms with van der Waals surface area (Å²) >= 11 is 0. The first-order chi connectivity index (χ1) is 13.9. The number of hydrogen-bond donors (Lipinski definition) is 1. The minimum Gasteiger partial charge on any atom is -0.373 e. The highest BCUT2D eigenvalue weighted by Crippen LogP contribution is 2.31. The highest BCUT2D eigenvalue weighted by Gasteiger charge is 2.29. The van der Waals surface area contributed by atoms with Gasteiger partial charge in [0.25, 0.3) is 0 Å². The lowest BCUT2D eigenvalue weighted by Gasteiger charge is -2.22. The van der Waals surface area contributed by atoms with Crippen LogP contribution in [0.5, 0.6) is 0 Å². The Morgan fingerprint density at radius 1 is 1.31 bits per heavy atom. The third-order valence-electron chi connectivity index (χ3n) is 5.12. The number of amides is 1. The molecular weight excluding hydrogens is 366 g/mol. The maximum atomic E-state index is 12.3. The van der Waals surface area contributed by atoms with Crippen LogP contribution in [0.2, 0.25) is 0 Å². The van der Waals surface area contributed by atoms with E-state index in [1.807, 2.05) is 6.92 Å². The van der Waals surface area contributed by atoms with E-state index in [-0.39, 0.29) is 17.6 Å². The Labute approximate surface area is 170 Å². The molecule has 3 rings (SSSR count). The molecule has 2 aromatic rings. The zero-order chi connectivity index (χ0) is 21.0. The van der Waals surface area contributed by atoms with E-state index in [1.165, 1.54) is 0 Å².